The highest BCUT2D eigenvalue weighted by atomic mass is 16.2. The van der Waals surface area contributed by atoms with Gasteiger partial charge in [0.25, 0.3) is 5.91 Å². The number of anilines is 1. The number of carbonyl (C=O) groups excluding carboxylic acids is 2. The summed E-state index contributed by atoms with van der Waals surface area (Å²) in [4.78, 5) is 45.2. The molecule has 2 aliphatic rings. The minimum atomic E-state index is -0.917. The van der Waals surface area contributed by atoms with Crippen molar-refractivity contribution in [3.8, 4) is 22.8 Å². The van der Waals surface area contributed by atoms with Crippen LogP contribution in [0.2, 0.25) is 0 Å². The lowest BCUT2D eigenvalue weighted by molar-refractivity contribution is -0.123. The molecule has 3 amide bonds. The van der Waals surface area contributed by atoms with Crippen LogP contribution >= 0.6 is 0 Å². The first-order valence-electron chi connectivity index (χ1n) is 11.5. The van der Waals surface area contributed by atoms with Crippen LogP contribution in [0.5, 0.6) is 0 Å². The number of hydrogen-bond acceptors (Lipinski definition) is 3. The van der Waals surface area contributed by atoms with Gasteiger partial charge >= 0.3 is 6.03 Å². The first-order valence-corrected chi connectivity index (χ1v) is 11.5. The Morgan fingerprint density at radius 1 is 0.971 bits per heavy atom. The van der Waals surface area contributed by atoms with Crippen LogP contribution in [0.1, 0.15) is 18.4 Å². The van der Waals surface area contributed by atoms with Crippen molar-refractivity contribution in [1.29, 1.82) is 0 Å². The highest BCUT2D eigenvalue weighted by Gasteiger charge is 2.59. The molecule has 1 aromatic carbocycles. The molecule has 2 N–H and O–H groups in total. The quantitative estimate of drug-likeness (QED) is 0.317. The van der Waals surface area contributed by atoms with Gasteiger partial charge in [-0.2, -0.15) is 0 Å². The van der Waals surface area contributed by atoms with Crippen molar-refractivity contribution in [3.63, 3.8) is 0 Å². The summed E-state index contributed by atoms with van der Waals surface area (Å²) in [6.07, 6.45) is 5.44. The van der Waals surface area contributed by atoms with E-state index in [0.29, 0.717) is 42.1 Å². The zero-order valence-corrected chi connectivity index (χ0v) is 18.9. The number of urea groups is 1. The number of benzene rings is 1. The van der Waals surface area contributed by atoms with Gasteiger partial charge in [0.2, 0.25) is 0 Å². The molecule has 1 atom stereocenters. The van der Waals surface area contributed by atoms with E-state index in [-0.39, 0.29) is 11.9 Å². The standard InChI is InChI=1S/C27H22N6O2/c1-28-19-9-7-18(8-10-19)17-27-11-4-14-32(27)26(35)33(25(27)34)20-15-23(21-5-2-12-29-21)31-24(16-20)22-6-3-13-30-22/h2-3,5-10,12-13,15-16,29-30H,4,11,14,17H2. The lowest BCUT2D eigenvalue weighted by Crippen LogP contribution is -2.47. The molecular formula is C27H22N6O2. The van der Waals surface area contributed by atoms with Crippen molar-refractivity contribution in [2.24, 2.45) is 0 Å². The van der Waals surface area contributed by atoms with Gasteiger partial charge in [-0.15, -0.1) is 0 Å². The number of imide groups is 1. The summed E-state index contributed by atoms with van der Waals surface area (Å²) in [5, 5.41) is 0. The molecule has 5 heterocycles. The van der Waals surface area contributed by atoms with E-state index in [1.165, 1.54) is 4.90 Å². The maximum Gasteiger partial charge on any atom is 0.332 e. The molecule has 3 aromatic heterocycles. The number of aromatic amines is 2. The topological polar surface area (TPSA) is 89.4 Å². The molecule has 0 aliphatic carbocycles. The number of nitrogens with one attached hydrogen (secondary N) is 2. The van der Waals surface area contributed by atoms with E-state index in [2.05, 4.69) is 14.8 Å². The molecule has 35 heavy (non-hydrogen) atoms. The fourth-order valence-electron chi connectivity index (χ4n) is 5.21. The van der Waals surface area contributed by atoms with Gasteiger partial charge < -0.3 is 14.9 Å². The van der Waals surface area contributed by atoms with Crippen LogP contribution in [0.4, 0.5) is 16.2 Å². The SMILES string of the molecule is [C-]#[N+]c1ccc(CC23CCCN2C(=O)N(c2cc(-c4ccc[nH]4)nc(-c4ccc[nH]4)c2)C3=O)cc1. The van der Waals surface area contributed by atoms with Crippen molar-refractivity contribution in [2.75, 3.05) is 11.4 Å². The Labute approximate surface area is 202 Å². The summed E-state index contributed by atoms with van der Waals surface area (Å²) < 4.78 is 0. The van der Waals surface area contributed by atoms with Crippen LogP contribution in [0.25, 0.3) is 27.6 Å². The van der Waals surface area contributed by atoms with E-state index in [9.17, 15) is 9.59 Å². The number of aromatic nitrogens is 3. The van der Waals surface area contributed by atoms with Crippen LogP contribution in [0.3, 0.4) is 0 Å². The van der Waals surface area contributed by atoms with Gasteiger partial charge in [-0.1, -0.05) is 24.3 Å². The first kappa shape index (κ1) is 20.9. The van der Waals surface area contributed by atoms with Gasteiger partial charge in [0.05, 0.1) is 35.0 Å². The molecule has 0 spiro atoms. The molecule has 4 aromatic rings. The van der Waals surface area contributed by atoms with Gasteiger partial charge in [-0.25, -0.2) is 19.5 Å². The molecule has 2 aliphatic heterocycles. The van der Waals surface area contributed by atoms with Gasteiger partial charge in [0.1, 0.15) is 5.54 Å². The van der Waals surface area contributed by atoms with E-state index in [0.717, 1.165) is 23.4 Å². The van der Waals surface area contributed by atoms with Crippen LogP contribution in [-0.4, -0.2) is 43.9 Å². The maximum atomic E-state index is 14.0. The van der Waals surface area contributed by atoms with Gasteiger partial charge in [-0.3, -0.25) is 4.79 Å². The van der Waals surface area contributed by atoms with Gasteiger partial charge in [0, 0.05) is 25.4 Å². The van der Waals surface area contributed by atoms with Crippen molar-refractivity contribution in [3.05, 3.63) is 90.0 Å². The molecule has 8 heteroatoms. The number of fused-ring (bicyclic) bond motifs is 1. The fraction of sp³-hybridized carbons (Fsp3) is 0.185. The van der Waals surface area contributed by atoms with Crippen molar-refractivity contribution >= 4 is 23.3 Å². The predicted molar refractivity (Wildman–Crippen MR) is 132 cm³/mol. The molecule has 1 unspecified atom stereocenters. The second kappa shape index (κ2) is 7.99. The Morgan fingerprint density at radius 2 is 1.63 bits per heavy atom. The Morgan fingerprint density at radius 3 is 2.20 bits per heavy atom. The number of hydrogen-bond donors (Lipinski definition) is 2. The number of amides is 3. The summed E-state index contributed by atoms with van der Waals surface area (Å²) >= 11 is 0. The summed E-state index contributed by atoms with van der Waals surface area (Å²) in [5.41, 5.74) is 3.96. The first-order chi connectivity index (χ1) is 17.1. The normalized spacial score (nSPS) is 19.3. The average Bonchev–Trinajstić information content (AvgIpc) is 3.68. The van der Waals surface area contributed by atoms with Gasteiger partial charge in [0.15, 0.2) is 5.69 Å². The van der Waals surface area contributed by atoms with Crippen LogP contribution in [-0.2, 0) is 11.2 Å². The minimum absolute atomic E-state index is 0.213. The lowest BCUT2D eigenvalue weighted by Gasteiger charge is -2.28. The molecule has 2 saturated heterocycles. The van der Waals surface area contributed by atoms with E-state index >= 15 is 0 Å². The summed E-state index contributed by atoms with van der Waals surface area (Å²) in [7, 11) is 0. The van der Waals surface area contributed by atoms with Crippen LogP contribution in [0.15, 0.2) is 73.1 Å². The molecule has 0 saturated carbocycles. The van der Waals surface area contributed by atoms with E-state index < -0.39 is 5.54 Å². The molecule has 6 rings (SSSR count). The fourth-order valence-corrected chi connectivity index (χ4v) is 5.21. The Hall–Kier alpha value is -4.64. The molecule has 8 nitrogen and oxygen atoms in total. The van der Waals surface area contributed by atoms with Gasteiger partial charge in [-0.05, 0) is 54.8 Å². The number of pyridine rings is 1. The number of H-pyrrole nitrogens is 2. The van der Waals surface area contributed by atoms with Crippen LogP contribution in [0, 0.1) is 6.57 Å². The van der Waals surface area contributed by atoms with E-state index in [1.54, 1.807) is 29.2 Å². The van der Waals surface area contributed by atoms with Crippen molar-refractivity contribution in [1.82, 2.24) is 19.9 Å². The third-order valence-electron chi connectivity index (χ3n) is 6.89. The third-order valence-corrected chi connectivity index (χ3v) is 6.89. The Bertz CT molecular complexity index is 1400. The largest absolute Gasteiger partial charge is 0.360 e. The highest BCUT2D eigenvalue weighted by Crippen LogP contribution is 2.43. The zero-order chi connectivity index (χ0) is 24.0. The molecule has 0 bridgehead atoms. The molecule has 172 valence electrons. The summed E-state index contributed by atoms with van der Waals surface area (Å²) in [6, 6.07) is 18.1. The summed E-state index contributed by atoms with van der Waals surface area (Å²) in [5.74, 6) is -0.213. The average molecular weight is 463 g/mol. The zero-order valence-electron chi connectivity index (χ0n) is 18.9. The molecule has 0 radical (unpaired) electrons. The third kappa shape index (κ3) is 3.32. The number of nitrogens with zero attached hydrogens (tertiary/aromatic N) is 4. The minimum Gasteiger partial charge on any atom is -0.360 e. The van der Waals surface area contributed by atoms with Crippen molar-refractivity contribution in [2.45, 2.75) is 24.8 Å². The molecular weight excluding hydrogens is 440 g/mol. The number of rotatable bonds is 5. The second-order valence-electron chi connectivity index (χ2n) is 8.93. The molecule has 2 fully saturated rings. The smallest absolute Gasteiger partial charge is 0.332 e. The number of carbonyl (C=O) groups is 2. The summed E-state index contributed by atoms with van der Waals surface area (Å²) in [6.45, 7) is 7.72. The van der Waals surface area contributed by atoms with Crippen LogP contribution < -0.4 is 4.90 Å². The second-order valence-corrected chi connectivity index (χ2v) is 8.93. The Balaban J connectivity index is 1.43. The Kier molecular flexibility index (Phi) is 4.78. The van der Waals surface area contributed by atoms with E-state index in [1.807, 2.05) is 48.8 Å². The predicted octanol–water partition coefficient (Wildman–Crippen LogP) is 5.17. The monoisotopic (exact) mass is 462 g/mol. The van der Waals surface area contributed by atoms with E-state index in [4.69, 9.17) is 11.6 Å². The van der Waals surface area contributed by atoms with Crippen molar-refractivity contribution < 1.29 is 9.59 Å². The highest BCUT2D eigenvalue weighted by molar-refractivity contribution is 6.24. The maximum absolute atomic E-state index is 14.0. The lowest BCUT2D eigenvalue weighted by atomic mass is 9.88.